The fraction of sp³-hybridized carbons (Fsp3) is 0.200. The van der Waals surface area contributed by atoms with E-state index in [0.29, 0.717) is 0 Å². The lowest BCUT2D eigenvalue weighted by Gasteiger charge is -2.16. The van der Waals surface area contributed by atoms with Gasteiger partial charge < -0.3 is 0 Å². The van der Waals surface area contributed by atoms with E-state index in [0.717, 1.165) is 16.9 Å². The summed E-state index contributed by atoms with van der Waals surface area (Å²) in [4.78, 5) is 0. The molecule has 0 N–H and O–H groups in total. The van der Waals surface area contributed by atoms with Crippen molar-refractivity contribution in [2.24, 2.45) is 4.13 Å². The van der Waals surface area contributed by atoms with Crippen molar-refractivity contribution in [1.29, 1.82) is 0 Å². The van der Waals surface area contributed by atoms with Gasteiger partial charge in [-0.1, -0.05) is 60.7 Å². The standard InChI is InChI=1S/C15H15F3NO2PS/c1-23(20,21-12-15(16,17)18)19-22(13-8-4-2-5-9-13)14-10-6-3-7-11-14/h2-11H,12H2,1H3. The van der Waals surface area contributed by atoms with Crippen molar-refractivity contribution in [3.05, 3.63) is 60.7 Å². The largest absolute Gasteiger partial charge is 0.413 e. The van der Waals surface area contributed by atoms with Gasteiger partial charge in [0.15, 0.2) is 16.6 Å². The maximum absolute atomic E-state index is 12.3. The molecule has 0 aromatic heterocycles. The van der Waals surface area contributed by atoms with E-state index in [2.05, 4.69) is 8.32 Å². The highest BCUT2D eigenvalue weighted by Gasteiger charge is 2.29. The fourth-order valence-electron chi connectivity index (χ4n) is 1.73. The lowest BCUT2D eigenvalue weighted by Crippen LogP contribution is -2.20. The highest BCUT2D eigenvalue weighted by Crippen LogP contribution is 2.37. The molecule has 0 bridgehead atoms. The average Bonchev–Trinajstić information content (AvgIpc) is 2.52. The Kier molecular flexibility index (Phi) is 5.79. The van der Waals surface area contributed by atoms with E-state index in [1.807, 2.05) is 36.4 Å². The molecule has 0 spiro atoms. The second kappa shape index (κ2) is 7.43. The van der Waals surface area contributed by atoms with Crippen LogP contribution in [0.4, 0.5) is 13.2 Å². The Morgan fingerprint density at radius 2 is 1.43 bits per heavy atom. The van der Waals surface area contributed by atoms with E-state index < -0.39 is 30.9 Å². The molecule has 0 saturated carbocycles. The molecule has 124 valence electrons. The van der Waals surface area contributed by atoms with Gasteiger partial charge in [0.2, 0.25) is 0 Å². The predicted molar refractivity (Wildman–Crippen MR) is 87.6 cm³/mol. The lowest BCUT2D eigenvalue weighted by molar-refractivity contribution is -0.151. The zero-order valence-corrected chi connectivity index (χ0v) is 13.9. The molecule has 2 aromatic carbocycles. The number of halogens is 3. The number of hydrogen-bond acceptors (Lipinski definition) is 3. The predicted octanol–water partition coefficient (Wildman–Crippen LogP) is 3.63. The summed E-state index contributed by atoms with van der Waals surface area (Å²) in [6.45, 7) is -1.58. The van der Waals surface area contributed by atoms with Crippen LogP contribution in [0.5, 0.6) is 0 Å². The first-order valence-electron chi connectivity index (χ1n) is 6.60. The van der Waals surface area contributed by atoms with Crippen molar-refractivity contribution >= 4 is 28.7 Å². The Morgan fingerprint density at radius 1 is 1.00 bits per heavy atom. The molecule has 0 aliphatic rings. The molecular formula is C15H15F3NO2PS. The van der Waals surface area contributed by atoms with Gasteiger partial charge in [0, 0.05) is 16.9 Å². The van der Waals surface area contributed by atoms with E-state index in [1.165, 1.54) is 0 Å². The normalized spacial score (nSPS) is 14.5. The molecule has 0 aliphatic heterocycles. The summed E-state index contributed by atoms with van der Waals surface area (Å²) in [5, 5.41) is 1.58. The maximum Gasteiger partial charge on any atom is 0.413 e. The van der Waals surface area contributed by atoms with Crippen molar-refractivity contribution in [3.63, 3.8) is 0 Å². The Bertz CT molecular complexity index is 705. The SMILES string of the molecule is CS(=O)(=NP(c1ccccc1)c1ccccc1)OCC(F)(F)F. The zero-order valence-electron chi connectivity index (χ0n) is 12.2. The Balaban J connectivity index is 2.39. The number of benzene rings is 2. The highest BCUT2D eigenvalue weighted by atomic mass is 32.2. The van der Waals surface area contributed by atoms with Gasteiger partial charge in [-0.05, 0) is 0 Å². The van der Waals surface area contributed by atoms with Crippen molar-refractivity contribution in [2.45, 2.75) is 6.18 Å². The van der Waals surface area contributed by atoms with Crippen molar-refractivity contribution < 1.29 is 21.6 Å². The first-order chi connectivity index (χ1) is 10.8. The van der Waals surface area contributed by atoms with Gasteiger partial charge in [-0.3, -0.25) is 4.18 Å². The van der Waals surface area contributed by atoms with Crippen molar-refractivity contribution in [2.75, 3.05) is 12.9 Å². The van der Waals surface area contributed by atoms with Gasteiger partial charge in [0.05, 0.1) is 8.07 Å². The van der Waals surface area contributed by atoms with E-state index >= 15 is 0 Å². The summed E-state index contributed by atoms with van der Waals surface area (Å²) in [6.07, 6.45) is -3.46. The molecule has 0 radical (unpaired) electrons. The van der Waals surface area contributed by atoms with Gasteiger partial charge in [-0.2, -0.15) is 17.3 Å². The molecule has 0 fully saturated rings. The highest BCUT2D eigenvalue weighted by molar-refractivity contribution is 7.93. The van der Waals surface area contributed by atoms with Crippen molar-refractivity contribution in [1.82, 2.24) is 0 Å². The molecule has 1 atom stereocenters. The molecule has 1 unspecified atom stereocenters. The summed E-state index contributed by atoms with van der Waals surface area (Å²) < 4.78 is 57.8. The van der Waals surface area contributed by atoms with Crippen LogP contribution in [-0.4, -0.2) is 23.2 Å². The topological polar surface area (TPSA) is 38.7 Å². The van der Waals surface area contributed by atoms with Crippen LogP contribution in [0, 0.1) is 0 Å². The van der Waals surface area contributed by atoms with E-state index in [4.69, 9.17) is 0 Å². The summed E-state index contributed by atoms with van der Waals surface area (Å²) in [5.41, 5.74) is 0. The van der Waals surface area contributed by atoms with Crippen LogP contribution in [0.25, 0.3) is 0 Å². The van der Waals surface area contributed by atoms with Gasteiger partial charge in [-0.15, -0.1) is 0 Å². The lowest BCUT2D eigenvalue weighted by atomic mass is 10.4. The molecule has 23 heavy (non-hydrogen) atoms. The molecule has 2 rings (SSSR count). The third kappa shape index (κ3) is 5.94. The third-order valence-corrected chi connectivity index (χ3v) is 6.64. The summed E-state index contributed by atoms with van der Waals surface area (Å²) in [5.74, 6) is 0. The quantitative estimate of drug-likeness (QED) is 0.763. The summed E-state index contributed by atoms with van der Waals surface area (Å²) in [6, 6.07) is 18.1. The molecule has 0 amide bonds. The van der Waals surface area contributed by atoms with Crippen LogP contribution in [0.3, 0.4) is 0 Å². The summed E-state index contributed by atoms with van der Waals surface area (Å²) >= 11 is 0. The van der Waals surface area contributed by atoms with Crippen molar-refractivity contribution in [3.8, 4) is 0 Å². The zero-order chi connectivity index (χ0) is 16.9. The number of hydrogen-bond donors (Lipinski definition) is 0. The fourth-order valence-corrected chi connectivity index (χ4v) is 5.42. The van der Waals surface area contributed by atoms with Crippen LogP contribution >= 0.6 is 8.07 Å². The molecule has 0 aliphatic carbocycles. The molecular weight excluding hydrogens is 346 g/mol. The number of rotatable bonds is 5. The Hall–Kier alpha value is -1.43. The minimum absolute atomic E-state index is 0.791. The second-order valence-corrected chi connectivity index (χ2v) is 8.69. The van der Waals surface area contributed by atoms with Crippen LogP contribution in [0.15, 0.2) is 64.8 Å². The molecule has 2 aromatic rings. The average molecular weight is 361 g/mol. The smallest absolute Gasteiger partial charge is 0.275 e. The van der Waals surface area contributed by atoms with Gasteiger partial charge in [0.1, 0.15) is 0 Å². The molecule has 8 heteroatoms. The van der Waals surface area contributed by atoms with E-state index in [1.54, 1.807) is 24.3 Å². The monoisotopic (exact) mass is 361 g/mol. The second-order valence-electron chi connectivity index (χ2n) is 4.67. The first kappa shape index (κ1) is 17.9. The molecule has 3 nitrogen and oxygen atoms in total. The number of alkyl halides is 3. The maximum atomic E-state index is 12.3. The molecule has 0 saturated heterocycles. The van der Waals surface area contributed by atoms with E-state index in [9.17, 15) is 17.4 Å². The minimum atomic E-state index is -4.55. The first-order valence-corrected chi connectivity index (χ1v) is 9.74. The number of nitrogens with zero attached hydrogens (tertiary/aromatic N) is 1. The Morgan fingerprint density at radius 3 is 1.83 bits per heavy atom. The Labute approximate surface area is 134 Å². The van der Waals surface area contributed by atoms with Gasteiger partial charge in [-0.25, -0.2) is 4.21 Å². The molecule has 0 heterocycles. The van der Waals surface area contributed by atoms with Gasteiger partial charge >= 0.3 is 6.18 Å². The third-order valence-electron chi connectivity index (χ3n) is 2.67. The van der Waals surface area contributed by atoms with Gasteiger partial charge in [0.25, 0.3) is 0 Å². The summed E-state index contributed by atoms with van der Waals surface area (Å²) in [7, 11) is -4.86. The van der Waals surface area contributed by atoms with E-state index in [-0.39, 0.29) is 0 Å². The van der Waals surface area contributed by atoms with Crippen LogP contribution < -0.4 is 10.6 Å². The van der Waals surface area contributed by atoms with Crippen LogP contribution in [-0.2, 0) is 14.2 Å². The van der Waals surface area contributed by atoms with Crippen LogP contribution in [0.2, 0.25) is 0 Å². The minimum Gasteiger partial charge on any atom is -0.275 e. The van der Waals surface area contributed by atoms with Crippen LogP contribution in [0.1, 0.15) is 0 Å².